The van der Waals surface area contributed by atoms with Crippen molar-refractivity contribution in [3.8, 4) is 0 Å². The van der Waals surface area contributed by atoms with E-state index in [4.69, 9.17) is 4.74 Å². The van der Waals surface area contributed by atoms with Gasteiger partial charge in [-0.3, -0.25) is 0 Å². The lowest BCUT2D eigenvalue weighted by Crippen LogP contribution is -2.12. The minimum Gasteiger partial charge on any atom is -0.377 e. The Balaban J connectivity index is 1.53. The predicted molar refractivity (Wildman–Crippen MR) is 111 cm³/mol. The first kappa shape index (κ1) is 18.9. The van der Waals surface area contributed by atoms with Gasteiger partial charge in [0.2, 0.25) is 0 Å². The zero-order valence-corrected chi connectivity index (χ0v) is 16.3. The Morgan fingerprint density at radius 3 is 1.88 bits per heavy atom. The van der Waals surface area contributed by atoms with Gasteiger partial charge in [-0.05, 0) is 73.1 Å². The topological polar surface area (TPSA) is 9.23 Å². The Morgan fingerprint density at radius 2 is 1.38 bits per heavy atom. The van der Waals surface area contributed by atoms with Crippen molar-refractivity contribution in [1.82, 2.24) is 0 Å². The van der Waals surface area contributed by atoms with Crippen LogP contribution in [-0.4, -0.2) is 6.61 Å². The van der Waals surface area contributed by atoms with Crippen molar-refractivity contribution < 1.29 is 4.74 Å². The van der Waals surface area contributed by atoms with Gasteiger partial charge in [0.1, 0.15) is 0 Å². The lowest BCUT2D eigenvalue weighted by molar-refractivity contribution is 0.121. The Kier molecular flexibility index (Phi) is 7.08. The zero-order chi connectivity index (χ0) is 18.2. The largest absolute Gasteiger partial charge is 0.377 e. The summed E-state index contributed by atoms with van der Waals surface area (Å²) in [5.41, 5.74) is 5.61. The number of rotatable bonds is 7. The fourth-order valence-corrected chi connectivity index (χ4v) is 4.05. The molecule has 0 aliphatic heterocycles. The molecular formula is C25H32O. The van der Waals surface area contributed by atoms with Crippen LogP contribution in [0, 0.1) is 0 Å². The number of ether oxygens (including phenoxy) is 1. The standard InChI is InChI=1S/C25H32O/c1-3-5-20-6-10-22(11-7-20)24-14-16-25(17-15-24)23-12-8-21(9-13-23)19-26-18-4-2/h3,5-13,24-25H,4,14-19H2,1-2H3/b5-3+. The van der Waals surface area contributed by atoms with Gasteiger partial charge in [-0.2, -0.15) is 0 Å². The first-order valence-corrected chi connectivity index (χ1v) is 10.2. The summed E-state index contributed by atoms with van der Waals surface area (Å²) < 4.78 is 5.64. The zero-order valence-electron chi connectivity index (χ0n) is 16.3. The molecule has 1 nitrogen and oxygen atoms in total. The monoisotopic (exact) mass is 348 g/mol. The molecule has 3 rings (SSSR count). The maximum atomic E-state index is 5.64. The molecule has 0 unspecified atom stereocenters. The first-order chi connectivity index (χ1) is 12.8. The summed E-state index contributed by atoms with van der Waals surface area (Å²) >= 11 is 0. The highest BCUT2D eigenvalue weighted by atomic mass is 16.5. The van der Waals surface area contributed by atoms with Crippen LogP contribution in [0.5, 0.6) is 0 Å². The molecular weight excluding hydrogens is 316 g/mol. The number of hydrogen-bond acceptors (Lipinski definition) is 1. The van der Waals surface area contributed by atoms with Crippen LogP contribution < -0.4 is 0 Å². The molecule has 2 aromatic carbocycles. The molecule has 26 heavy (non-hydrogen) atoms. The molecule has 0 aromatic heterocycles. The molecule has 0 spiro atoms. The number of allylic oxidation sites excluding steroid dienone is 1. The Morgan fingerprint density at radius 1 is 0.846 bits per heavy atom. The average Bonchev–Trinajstić information content (AvgIpc) is 2.70. The molecule has 1 fully saturated rings. The van der Waals surface area contributed by atoms with Gasteiger partial charge in [0.25, 0.3) is 0 Å². The van der Waals surface area contributed by atoms with Gasteiger partial charge < -0.3 is 4.74 Å². The van der Waals surface area contributed by atoms with Crippen LogP contribution >= 0.6 is 0 Å². The Bertz CT molecular complexity index is 673. The second-order valence-electron chi connectivity index (χ2n) is 7.51. The van der Waals surface area contributed by atoms with Crippen molar-refractivity contribution in [2.45, 2.75) is 64.4 Å². The van der Waals surface area contributed by atoms with E-state index in [2.05, 4.69) is 74.5 Å². The quantitative estimate of drug-likeness (QED) is 0.485. The maximum absolute atomic E-state index is 5.64. The van der Waals surface area contributed by atoms with Gasteiger partial charge in [0.15, 0.2) is 0 Å². The molecule has 0 amide bonds. The van der Waals surface area contributed by atoms with Crippen LogP contribution in [0.25, 0.3) is 6.08 Å². The molecule has 2 aromatic rings. The van der Waals surface area contributed by atoms with E-state index in [9.17, 15) is 0 Å². The number of hydrogen-bond donors (Lipinski definition) is 0. The van der Waals surface area contributed by atoms with Gasteiger partial charge in [-0.25, -0.2) is 0 Å². The van der Waals surface area contributed by atoms with Crippen LogP contribution in [0.4, 0.5) is 0 Å². The van der Waals surface area contributed by atoms with Gasteiger partial charge in [-0.15, -0.1) is 0 Å². The van der Waals surface area contributed by atoms with E-state index in [-0.39, 0.29) is 0 Å². The van der Waals surface area contributed by atoms with Crippen LogP contribution in [0.1, 0.15) is 80.0 Å². The molecule has 0 radical (unpaired) electrons. The second kappa shape index (κ2) is 9.73. The SMILES string of the molecule is C/C=C/c1ccc(C2CCC(c3ccc(COCCC)cc3)CC2)cc1. The van der Waals surface area contributed by atoms with Crippen molar-refractivity contribution in [2.24, 2.45) is 0 Å². The van der Waals surface area contributed by atoms with E-state index in [0.29, 0.717) is 0 Å². The van der Waals surface area contributed by atoms with E-state index < -0.39 is 0 Å². The Labute approximate surface area is 159 Å². The van der Waals surface area contributed by atoms with Crippen molar-refractivity contribution >= 4 is 6.08 Å². The third kappa shape index (κ3) is 5.08. The average molecular weight is 349 g/mol. The molecule has 0 bridgehead atoms. The molecule has 1 heteroatoms. The summed E-state index contributed by atoms with van der Waals surface area (Å²) in [6, 6.07) is 18.3. The minimum atomic E-state index is 0.721. The molecule has 0 saturated heterocycles. The number of benzene rings is 2. The van der Waals surface area contributed by atoms with Crippen molar-refractivity contribution in [3.63, 3.8) is 0 Å². The molecule has 0 N–H and O–H groups in total. The van der Waals surface area contributed by atoms with Crippen LogP contribution in [0.2, 0.25) is 0 Å². The van der Waals surface area contributed by atoms with E-state index in [1.165, 1.54) is 47.9 Å². The fourth-order valence-electron chi connectivity index (χ4n) is 4.05. The third-order valence-electron chi connectivity index (χ3n) is 5.56. The molecule has 0 heterocycles. The van der Waals surface area contributed by atoms with Gasteiger partial charge in [-0.1, -0.05) is 67.6 Å². The smallest absolute Gasteiger partial charge is 0.0716 e. The third-order valence-corrected chi connectivity index (χ3v) is 5.56. The highest BCUT2D eigenvalue weighted by Crippen LogP contribution is 2.40. The summed E-state index contributed by atoms with van der Waals surface area (Å²) in [7, 11) is 0. The van der Waals surface area contributed by atoms with Crippen LogP contribution in [0.3, 0.4) is 0 Å². The highest BCUT2D eigenvalue weighted by Gasteiger charge is 2.23. The molecule has 1 saturated carbocycles. The molecule has 0 atom stereocenters. The van der Waals surface area contributed by atoms with Gasteiger partial charge in [0, 0.05) is 6.61 Å². The summed E-state index contributed by atoms with van der Waals surface area (Å²) in [4.78, 5) is 0. The first-order valence-electron chi connectivity index (χ1n) is 10.2. The highest BCUT2D eigenvalue weighted by molar-refractivity contribution is 5.49. The van der Waals surface area contributed by atoms with E-state index in [1.54, 1.807) is 0 Å². The van der Waals surface area contributed by atoms with Crippen molar-refractivity contribution in [1.29, 1.82) is 0 Å². The predicted octanol–water partition coefficient (Wildman–Crippen LogP) is 7.09. The summed E-state index contributed by atoms with van der Waals surface area (Å²) in [6.45, 7) is 5.81. The fraction of sp³-hybridized carbons (Fsp3) is 0.440. The summed E-state index contributed by atoms with van der Waals surface area (Å²) in [5.74, 6) is 1.45. The van der Waals surface area contributed by atoms with E-state index >= 15 is 0 Å². The summed E-state index contributed by atoms with van der Waals surface area (Å²) in [5, 5.41) is 0. The molecule has 1 aliphatic rings. The van der Waals surface area contributed by atoms with Crippen molar-refractivity contribution in [3.05, 3.63) is 76.9 Å². The normalized spacial score (nSPS) is 20.5. The maximum Gasteiger partial charge on any atom is 0.0716 e. The molecule has 138 valence electrons. The molecule has 1 aliphatic carbocycles. The van der Waals surface area contributed by atoms with Gasteiger partial charge in [0.05, 0.1) is 6.61 Å². The van der Waals surface area contributed by atoms with Gasteiger partial charge >= 0.3 is 0 Å². The van der Waals surface area contributed by atoms with E-state index in [0.717, 1.165) is 31.5 Å². The lowest BCUT2D eigenvalue weighted by atomic mass is 9.76. The Hall–Kier alpha value is -1.86. The second-order valence-corrected chi connectivity index (χ2v) is 7.51. The van der Waals surface area contributed by atoms with E-state index in [1.807, 2.05) is 0 Å². The van der Waals surface area contributed by atoms with Crippen LogP contribution in [0.15, 0.2) is 54.6 Å². The lowest BCUT2D eigenvalue weighted by Gasteiger charge is -2.29. The van der Waals surface area contributed by atoms with Crippen molar-refractivity contribution in [2.75, 3.05) is 6.61 Å². The van der Waals surface area contributed by atoms with Crippen LogP contribution in [-0.2, 0) is 11.3 Å². The summed E-state index contributed by atoms with van der Waals surface area (Å²) in [6.07, 6.45) is 10.5. The minimum absolute atomic E-state index is 0.721.